The highest BCUT2D eigenvalue weighted by Gasteiger charge is 2.32. The molecule has 1 rings (SSSR count). The van der Waals surface area contributed by atoms with E-state index >= 15 is 0 Å². The minimum absolute atomic E-state index is 0.0987. The van der Waals surface area contributed by atoms with Crippen LogP contribution in [-0.2, 0) is 6.18 Å². The van der Waals surface area contributed by atoms with Gasteiger partial charge in [0, 0.05) is 5.69 Å². The number of nitrogens with one attached hydrogen (secondary N) is 1. The molecule has 0 unspecified atom stereocenters. The fraction of sp³-hybridized carbons (Fsp3) is 0.333. The van der Waals surface area contributed by atoms with E-state index in [2.05, 4.69) is 0 Å². The first-order chi connectivity index (χ1) is 7.08. The van der Waals surface area contributed by atoms with Crippen molar-refractivity contribution in [2.45, 2.75) is 19.4 Å². The van der Waals surface area contributed by atoms with E-state index in [1.165, 1.54) is 6.92 Å². The summed E-state index contributed by atoms with van der Waals surface area (Å²) in [4.78, 5) is 0. The standard InChI is InChI=1S/C9H7F6N/c1-5-2-6(8(10,11)12)4-7(3-5)16-9(13,14)15/h2-4,16H,1H3. The first-order valence-corrected chi connectivity index (χ1v) is 4.12. The van der Waals surface area contributed by atoms with Crippen molar-refractivity contribution in [2.24, 2.45) is 0 Å². The molecule has 1 aromatic carbocycles. The number of anilines is 1. The van der Waals surface area contributed by atoms with Gasteiger partial charge >= 0.3 is 12.5 Å². The molecule has 0 saturated carbocycles. The summed E-state index contributed by atoms with van der Waals surface area (Å²) >= 11 is 0. The van der Waals surface area contributed by atoms with Crippen LogP contribution in [0.1, 0.15) is 11.1 Å². The van der Waals surface area contributed by atoms with Crippen LogP contribution in [0.25, 0.3) is 0 Å². The van der Waals surface area contributed by atoms with Gasteiger partial charge in [-0.2, -0.15) is 26.3 Å². The number of hydrogen-bond donors (Lipinski definition) is 1. The van der Waals surface area contributed by atoms with Crippen LogP contribution >= 0.6 is 0 Å². The smallest absolute Gasteiger partial charge is 0.297 e. The molecule has 0 radical (unpaired) electrons. The molecule has 0 heterocycles. The van der Waals surface area contributed by atoms with Gasteiger partial charge in [0.15, 0.2) is 0 Å². The van der Waals surface area contributed by atoms with Crippen LogP contribution in [-0.4, -0.2) is 6.30 Å². The maximum Gasteiger partial charge on any atom is 0.482 e. The van der Waals surface area contributed by atoms with Crippen molar-refractivity contribution in [1.82, 2.24) is 0 Å². The van der Waals surface area contributed by atoms with E-state index in [1.54, 1.807) is 0 Å². The van der Waals surface area contributed by atoms with Crippen LogP contribution in [0.5, 0.6) is 0 Å². The Morgan fingerprint density at radius 1 is 0.938 bits per heavy atom. The van der Waals surface area contributed by atoms with Crippen molar-refractivity contribution >= 4 is 5.69 Å². The largest absolute Gasteiger partial charge is 0.482 e. The average molecular weight is 243 g/mol. The third-order valence-corrected chi connectivity index (χ3v) is 1.69. The van der Waals surface area contributed by atoms with Gasteiger partial charge in [-0.05, 0) is 30.7 Å². The summed E-state index contributed by atoms with van der Waals surface area (Å²) in [5.74, 6) is 0. The Kier molecular flexibility index (Phi) is 3.07. The Balaban J connectivity index is 3.09. The Bertz CT molecular complexity index is 379. The maximum absolute atomic E-state index is 12.3. The number of hydrogen-bond acceptors (Lipinski definition) is 1. The minimum atomic E-state index is -4.75. The second kappa shape index (κ2) is 3.88. The Hall–Kier alpha value is -1.40. The summed E-state index contributed by atoms with van der Waals surface area (Å²) in [7, 11) is 0. The fourth-order valence-electron chi connectivity index (χ4n) is 1.18. The number of rotatable bonds is 1. The molecule has 0 atom stereocenters. The topological polar surface area (TPSA) is 12.0 Å². The highest BCUT2D eigenvalue weighted by molar-refractivity contribution is 5.49. The van der Waals surface area contributed by atoms with Crippen LogP contribution in [0.2, 0.25) is 0 Å². The minimum Gasteiger partial charge on any atom is -0.297 e. The molecule has 0 amide bonds. The molecule has 1 nitrogen and oxygen atoms in total. The first kappa shape index (κ1) is 12.7. The predicted molar refractivity (Wildman–Crippen MR) is 45.9 cm³/mol. The lowest BCUT2D eigenvalue weighted by Crippen LogP contribution is -2.21. The molecule has 7 heteroatoms. The molecular formula is C9H7F6N. The van der Waals surface area contributed by atoms with E-state index in [9.17, 15) is 26.3 Å². The first-order valence-electron chi connectivity index (χ1n) is 4.12. The molecule has 1 aromatic rings. The second-order valence-corrected chi connectivity index (χ2v) is 3.21. The molecule has 0 aromatic heterocycles. The molecule has 90 valence electrons. The molecule has 0 spiro atoms. The Labute approximate surface area is 87.1 Å². The van der Waals surface area contributed by atoms with Crippen LogP contribution in [0.3, 0.4) is 0 Å². The molecule has 0 aliphatic rings. The summed E-state index contributed by atoms with van der Waals surface area (Å²) < 4.78 is 72.5. The molecular weight excluding hydrogens is 236 g/mol. The predicted octanol–water partition coefficient (Wildman–Crippen LogP) is 3.95. The number of halogens is 6. The van der Waals surface area contributed by atoms with E-state index in [-0.39, 0.29) is 5.56 Å². The van der Waals surface area contributed by atoms with Gasteiger partial charge in [-0.3, -0.25) is 5.32 Å². The van der Waals surface area contributed by atoms with Crippen LogP contribution in [0.15, 0.2) is 18.2 Å². The summed E-state index contributed by atoms with van der Waals surface area (Å²) in [6.45, 7) is 1.29. The van der Waals surface area contributed by atoms with E-state index in [1.807, 2.05) is 0 Å². The highest BCUT2D eigenvalue weighted by atomic mass is 19.4. The summed E-state index contributed by atoms with van der Waals surface area (Å²) in [5, 5.41) is 1.03. The van der Waals surface area contributed by atoms with Gasteiger partial charge in [0.2, 0.25) is 0 Å². The van der Waals surface area contributed by atoms with E-state index in [4.69, 9.17) is 0 Å². The van der Waals surface area contributed by atoms with Gasteiger partial charge in [0.05, 0.1) is 5.56 Å². The van der Waals surface area contributed by atoms with Crippen molar-refractivity contribution in [3.8, 4) is 0 Å². The molecule has 16 heavy (non-hydrogen) atoms. The zero-order valence-electron chi connectivity index (χ0n) is 8.00. The van der Waals surface area contributed by atoms with Gasteiger partial charge in [0.25, 0.3) is 0 Å². The molecule has 1 N–H and O–H groups in total. The Morgan fingerprint density at radius 3 is 1.94 bits per heavy atom. The molecule has 0 aliphatic heterocycles. The third kappa shape index (κ3) is 3.63. The van der Waals surface area contributed by atoms with Gasteiger partial charge in [-0.25, -0.2) is 0 Å². The van der Waals surface area contributed by atoms with Crippen LogP contribution in [0.4, 0.5) is 32.0 Å². The number of aryl methyl sites for hydroxylation is 1. The van der Waals surface area contributed by atoms with E-state index < -0.39 is 23.7 Å². The maximum atomic E-state index is 12.3. The van der Waals surface area contributed by atoms with Crippen LogP contribution < -0.4 is 5.32 Å². The molecule has 0 saturated heterocycles. The second-order valence-electron chi connectivity index (χ2n) is 3.21. The van der Waals surface area contributed by atoms with Gasteiger partial charge in [-0.15, -0.1) is 0 Å². The van der Waals surface area contributed by atoms with Crippen molar-refractivity contribution in [2.75, 3.05) is 5.32 Å². The van der Waals surface area contributed by atoms with Crippen LogP contribution in [0, 0.1) is 6.92 Å². The Morgan fingerprint density at radius 2 is 1.50 bits per heavy atom. The third-order valence-electron chi connectivity index (χ3n) is 1.69. The SMILES string of the molecule is Cc1cc(NC(F)(F)F)cc(C(F)(F)F)c1. The summed E-state index contributed by atoms with van der Waals surface area (Å²) in [5.41, 5.74) is -1.64. The van der Waals surface area contributed by atoms with Crippen molar-refractivity contribution in [3.63, 3.8) is 0 Å². The van der Waals surface area contributed by atoms with E-state index in [0.717, 1.165) is 17.4 Å². The number of alkyl halides is 6. The van der Waals surface area contributed by atoms with Crippen molar-refractivity contribution in [3.05, 3.63) is 29.3 Å². The molecule has 0 aliphatic carbocycles. The van der Waals surface area contributed by atoms with Crippen molar-refractivity contribution in [1.29, 1.82) is 0 Å². The van der Waals surface area contributed by atoms with E-state index in [0.29, 0.717) is 6.07 Å². The molecule has 0 bridgehead atoms. The quantitative estimate of drug-likeness (QED) is 0.581. The van der Waals surface area contributed by atoms with Gasteiger partial charge in [-0.1, -0.05) is 0 Å². The normalized spacial score (nSPS) is 12.7. The van der Waals surface area contributed by atoms with Crippen molar-refractivity contribution < 1.29 is 26.3 Å². The fourth-order valence-corrected chi connectivity index (χ4v) is 1.18. The summed E-state index contributed by atoms with van der Waals surface area (Å²) in [6, 6.07) is 2.19. The summed E-state index contributed by atoms with van der Waals surface area (Å²) in [6.07, 6.45) is -9.41. The monoisotopic (exact) mass is 243 g/mol. The molecule has 0 fully saturated rings. The lowest BCUT2D eigenvalue weighted by atomic mass is 10.1. The highest BCUT2D eigenvalue weighted by Crippen LogP contribution is 2.32. The van der Waals surface area contributed by atoms with Gasteiger partial charge in [0.1, 0.15) is 0 Å². The number of benzene rings is 1. The van der Waals surface area contributed by atoms with Gasteiger partial charge < -0.3 is 0 Å². The average Bonchev–Trinajstić information content (AvgIpc) is 1.97. The lowest BCUT2D eigenvalue weighted by Gasteiger charge is -2.13. The zero-order valence-corrected chi connectivity index (χ0v) is 8.00. The lowest BCUT2D eigenvalue weighted by molar-refractivity contribution is -0.137. The zero-order chi connectivity index (χ0) is 12.6.